The van der Waals surface area contributed by atoms with Crippen LogP contribution in [0.1, 0.15) is 131 Å². The maximum Gasteiger partial charge on any atom is 0.193 e. The highest BCUT2D eigenvalue weighted by atomic mass is 127. The average Bonchev–Trinajstić information content (AvgIpc) is 4.24. The second-order valence-electron chi connectivity index (χ2n) is 21.1. The number of nitrogens with zero attached hydrogens (tertiary/aromatic N) is 1. The van der Waals surface area contributed by atoms with Crippen LogP contribution < -0.4 is 4.90 Å². The Morgan fingerprint density at radius 3 is 1.84 bits per heavy atom. The highest BCUT2D eigenvalue weighted by Crippen LogP contribution is 2.51. The fourth-order valence-electron chi connectivity index (χ4n) is 10.9. The van der Waals surface area contributed by atoms with Crippen LogP contribution >= 0.6 is 67.9 Å². The number of rotatable bonds is 18. The molecule has 0 bridgehead atoms. The largest absolute Gasteiger partial charge is 0.347 e. The molecule has 4 aromatic heterocycles. The van der Waals surface area contributed by atoms with E-state index in [0.717, 1.165) is 37.4 Å². The van der Waals surface area contributed by atoms with Gasteiger partial charge in [-0.05, 0) is 171 Å². The second-order valence-corrected chi connectivity index (χ2v) is 26.6. The molecule has 0 unspecified atom stereocenters. The van der Waals surface area contributed by atoms with Crippen molar-refractivity contribution in [2.45, 2.75) is 118 Å². The van der Waals surface area contributed by atoms with E-state index in [1.807, 2.05) is 45.3 Å². The standard InChI is InChI=1S/C65H66INO2S4/c1-7-9-11-13-20-44-34-60(63-45(21-14-12-10-8-2)33-56(72-63)57-37-58-59(70-57)38-61(71-58)64-68-39-65(5,6)40-69-64)73-62(44)43-25-27-46(28-26-43)67(48-30-32-53(55(66)36-48)49-22-16-15-19-41(49)3)47-29-31-52-51-24-18-17-23-50(51)42(4)54(52)35-47/h15-19,22-38,42,64H,7-14,20-21,39-40H2,1-6H3/t42-/m1/s1. The van der Waals surface area contributed by atoms with Crippen molar-refractivity contribution in [3.8, 4) is 52.2 Å². The number of hydrogen-bond donors (Lipinski definition) is 0. The first-order valence-electron chi connectivity index (χ1n) is 26.6. The highest BCUT2D eigenvalue weighted by Gasteiger charge is 2.31. The monoisotopic (exact) mass is 1150 g/mol. The van der Waals surface area contributed by atoms with E-state index in [9.17, 15) is 0 Å². The number of fused-ring (bicyclic) bond motifs is 4. The zero-order valence-electron chi connectivity index (χ0n) is 43.1. The molecule has 11 rings (SSSR count). The summed E-state index contributed by atoms with van der Waals surface area (Å²) in [5, 5.41) is 0. The molecule has 0 amide bonds. The number of unbranched alkanes of at least 4 members (excludes halogenated alkanes) is 6. The number of benzene rings is 5. The summed E-state index contributed by atoms with van der Waals surface area (Å²) in [6, 6.07) is 51.2. The van der Waals surface area contributed by atoms with Crippen LogP contribution in [0.5, 0.6) is 0 Å². The maximum absolute atomic E-state index is 6.19. The fourth-order valence-corrected chi connectivity index (χ4v) is 16.7. The lowest BCUT2D eigenvalue weighted by molar-refractivity contribution is -0.224. The van der Waals surface area contributed by atoms with Gasteiger partial charge >= 0.3 is 0 Å². The summed E-state index contributed by atoms with van der Waals surface area (Å²) < 4.78 is 16.3. The van der Waals surface area contributed by atoms with Gasteiger partial charge in [0.1, 0.15) is 0 Å². The minimum absolute atomic E-state index is 0.0572. The zero-order valence-corrected chi connectivity index (χ0v) is 48.5. The van der Waals surface area contributed by atoms with Crippen molar-refractivity contribution in [2.75, 3.05) is 18.1 Å². The molecular formula is C65H66INO2S4. The fraction of sp³-hybridized carbons (Fsp3) is 0.323. The number of anilines is 3. The van der Waals surface area contributed by atoms with Gasteiger partial charge in [0.05, 0.1) is 18.1 Å². The van der Waals surface area contributed by atoms with Crippen LogP contribution in [-0.2, 0) is 22.3 Å². The second kappa shape index (κ2) is 22.1. The minimum Gasteiger partial charge on any atom is -0.347 e. The van der Waals surface area contributed by atoms with Crippen molar-refractivity contribution in [3.05, 3.63) is 170 Å². The molecule has 1 saturated heterocycles. The summed E-state index contributed by atoms with van der Waals surface area (Å²) >= 11 is 10.3. The van der Waals surface area contributed by atoms with Crippen LogP contribution in [0.3, 0.4) is 0 Å². The number of halogens is 1. The van der Waals surface area contributed by atoms with E-state index in [0.29, 0.717) is 5.92 Å². The van der Waals surface area contributed by atoms with Crippen LogP contribution in [0.4, 0.5) is 17.1 Å². The minimum atomic E-state index is -0.262. The lowest BCUT2D eigenvalue weighted by Gasteiger charge is -2.34. The first-order chi connectivity index (χ1) is 35.6. The molecule has 0 N–H and O–H groups in total. The van der Waals surface area contributed by atoms with Gasteiger partial charge in [-0.15, -0.1) is 45.3 Å². The Morgan fingerprint density at radius 1 is 0.548 bits per heavy atom. The van der Waals surface area contributed by atoms with Crippen LogP contribution in [0, 0.1) is 15.9 Å². The molecule has 5 heterocycles. The van der Waals surface area contributed by atoms with Gasteiger partial charge < -0.3 is 14.4 Å². The molecule has 0 radical (unpaired) electrons. The lowest BCUT2D eigenvalue weighted by Crippen LogP contribution is -2.33. The predicted octanol–water partition coefficient (Wildman–Crippen LogP) is 21.6. The van der Waals surface area contributed by atoms with Gasteiger partial charge in [-0.25, -0.2) is 0 Å². The van der Waals surface area contributed by atoms with Gasteiger partial charge in [-0.1, -0.05) is 146 Å². The Morgan fingerprint density at radius 2 is 1.14 bits per heavy atom. The summed E-state index contributed by atoms with van der Waals surface area (Å²) in [5.74, 6) is 0.333. The zero-order chi connectivity index (χ0) is 50.2. The van der Waals surface area contributed by atoms with Crippen LogP contribution in [-0.4, -0.2) is 13.2 Å². The third-order valence-electron chi connectivity index (χ3n) is 14.9. The highest BCUT2D eigenvalue weighted by molar-refractivity contribution is 14.1. The van der Waals surface area contributed by atoms with E-state index in [2.05, 4.69) is 202 Å². The Kier molecular flexibility index (Phi) is 15.3. The topological polar surface area (TPSA) is 21.7 Å². The van der Waals surface area contributed by atoms with Crippen molar-refractivity contribution >= 4 is 94.4 Å². The molecule has 8 heteroatoms. The summed E-state index contributed by atoms with van der Waals surface area (Å²) in [6.45, 7) is 15.0. The van der Waals surface area contributed by atoms with Gasteiger partial charge in [-0.3, -0.25) is 0 Å². The molecule has 1 atom stereocenters. The molecule has 374 valence electrons. The first-order valence-corrected chi connectivity index (χ1v) is 30.9. The molecule has 1 aliphatic heterocycles. The van der Waals surface area contributed by atoms with Gasteiger partial charge in [-0.2, -0.15) is 0 Å². The van der Waals surface area contributed by atoms with Crippen molar-refractivity contribution in [1.82, 2.24) is 0 Å². The predicted molar refractivity (Wildman–Crippen MR) is 326 cm³/mol. The summed E-state index contributed by atoms with van der Waals surface area (Å²) in [5.41, 5.74) is 17.2. The van der Waals surface area contributed by atoms with Gasteiger partial charge in [0, 0.05) is 65.8 Å². The quantitative estimate of drug-likeness (QED) is 0.0631. The molecule has 2 aliphatic rings. The van der Waals surface area contributed by atoms with Crippen LogP contribution in [0.25, 0.3) is 61.6 Å². The third-order valence-corrected chi connectivity index (χ3v) is 20.9. The molecule has 3 nitrogen and oxygen atoms in total. The molecule has 0 saturated carbocycles. The number of hydrogen-bond acceptors (Lipinski definition) is 7. The van der Waals surface area contributed by atoms with Crippen molar-refractivity contribution < 1.29 is 9.47 Å². The van der Waals surface area contributed by atoms with Gasteiger partial charge in [0.25, 0.3) is 0 Å². The maximum atomic E-state index is 6.19. The Hall–Kier alpha value is -4.39. The van der Waals surface area contributed by atoms with Crippen LogP contribution in [0.2, 0.25) is 0 Å². The van der Waals surface area contributed by atoms with E-state index in [1.54, 1.807) is 0 Å². The number of aryl methyl sites for hydroxylation is 3. The molecule has 1 aliphatic carbocycles. The van der Waals surface area contributed by atoms with Crippen molar-refractivity contribution in [1.29, 1.82) is 0 Å². The van der Waals surface area contributed by atoms with E-state index in [1.165, 1.54) is 155 Å². The third kappa shape index (κ3) is 10.6. The molecule has 0 spiro atoms. The first kappa shape index (κ1) is 50.8. The smallest absolute Gasteiger partial charge is 0.193 e. The van der Waals surface area contributed by atoms with Crippen molar-refractivity contribution in [3.63, 3.8) is 0 Å². The Balaban J connectivity index is 0.949. The van der Waals surface area contributed by atoms with Crippen molar-refractivity contribution in [2.24, 2.45) is 5.41 Å². The average molecular weight is 1150 g/mol. The molecule has 9 aromatic rings. The number of ether oxygens (including phenoxy) is 2. The molecule has 1 fully saturated rings. The van der Waals surface area contributed by atoms with Gasteiger partial charge in [0.2, 0.25) is 0 Å². The number of thiophene rings is 4. The molecular weight excluding hydrogens is 1080 g/mol. The SMILES string of the molecule is CCCCCCc1cc(-c2sc(-c3cc4sc(C5OCC(C)(C)CO5)cc4s3)cc2CCCCCC)sc1-c1ccc(N(c2ccc(-c3ccccc3C)c(I)c2)c2ccc3c(c2)[C@H](C)c2ccccc2-3)cc1. The molecule has 73 heavy (non-hydrogen) atoms. The summed E-state index contributed by atoms with van der Waals surface area (Å²) in [7, 11) is 0. The van der Waals surface area contributed by atoms with Crippen LogP contribution in [0.15, 0.2) is 133 Å². The summed E-state index contributed by atoms with van der Waals surface area (Å²) in [6.07, 6.45) is 12.0. The Labute approximate surface area is 463 Å². The van der Waals surface area contributed by atoms with E-state index < -0.39 is 0 Å². The van der Waals surface area contributed by atoms with E-state index in [-0.39, 0.29) is 11.7 Å². The normalized spacial score (nSPS) is 15.3. The Bertz CT molecular complexity index is 3350. The molecule has 5 aromatic carbocycles. The lowest BCUT2D eigenvalue weighted by atomic mass is 9.96. The van der Waals surface area contributed by atoms with Gasteiger partial charge in [0.15, 0.2) is 6.29 Å². The summed E-state index contributed by atoms with van der Waals surface area (Å²) in [4.78, 5) is 10.7. The van der Waals surface area contributed by atoms with E-state index in [4.69, 9.17) is 9.47 Å². The van der Waals surface area contributed by atoms with E-state index >= 15 is 0 Å².